The number of hydrogen-bond donors (Lipinski definition) is 0. The van der Waals surface area contributed by atoms with Crippen molar-refractivity contribution in [1.29, 1.82) is 0 Å². The second kappa shape index (κ2) is 3.63. The molecule has 18 heavy (non-hydrogen) atoms. The Morgan fingerprint density at radius 2 is 2.06 bits per heavy atom. The molecule has 0 saturated carbocycles. The minimum absolute atomic E-state index is 0.00561. The lowest BCUT2D eigenvalue weighted by Gasteiger charge is -2.13. The molecule has 0 amide bonds. The van der Waals surface area contributed by atoms with Gasteiger partial charge in [-0.25, -0.2) is 19.2 Å². The van der Waals surface area contributed by atoms with Gasteiger partial charge in [-0.2, -0.15) is 10.2 Å². The zero-order valence-electron chi connectivity index (χ0n) is 10.6. The molecule has 0 aliphatic heterocycles. The molecule has 92 valence electrons. The Morgan fingerprint density at radius 1 is 1.22 bits per heavy atom. The normalized spacial score (nSPS) is 12.2. The maximum atomic E-state index is 4.57. The van der Waals surface area contributed by atoms with Gasteiger partial charge in [0.15, 0.2) is 5.82 Å². The van der Waals surface area contributed by atoms with Crippen molar-refractivity contribution >= 4 is 5.52 Å². The summed E-state index contributed by atoms with van der Waals surface area (Å²) in [5, 5.41) is 8.68. The predicted molar refractivity (Wildman–Crippen MR) is 66.6 cm³/mol. The van der Waals surface area contributed by atoms with Crippen LogP contribution in [0.25, 0.3) is 11.3 Å². The molecule has 3 rings (SSSR count). The number of nitrogens with zero attached hydrogens (tertiary/aromatic N) is 6. The third-order valence-corrected chi connectivity index (χ3v) is 2.77. The number of fused-ring (bicyclic) bond motifs is 1. The Labute approximate surface area is 104 Å². The van der Waals surface area contributed by atoms with Gasteiger partial charge in [-0.05, 0) is 6.07 Å². The monoisotopic (exact) mass is 242 g/mol. The van der Waals surface area contributed by atoms with Gasteiger partial charge in [-0.15, -0.1) is 0 Å². The smallest absolute Gasteiger partial charge is 0.181 e. The lowest BCUT2D eigenvalue weighted by Crippen LogP contribution is -2.11. The van der Waals surface area contributed by atoms with E-state index >= 15 is 0 Å². The van der Waals surface area contributed by atoms with Gasteiger partial charge in [0, 0.05) is 17.8 Å². The number of hydrogen-bond acceptors (Lipinski definition) is 4. The summed E-state index contributed by atoms with van der Waals surface area (Å²) in [6.45, 7) is 6.41. The maximum Gasteiger partial charge on any atom is 0.181 e. The van der Waals surface area contributed by atoms with Crippen molar-refractivity contribution in [1.82, 2.24) is 29.4 Å². The zero-order chi connectivity index (χ0) is 12.8. The molecule has 0 spiro atoms. The van der Waals surface area contributed by atoms with Crippen LogP contribution in [0.2, 0.25) is 0 Å². The SMILES string of the molecule is CC(C)(C)c1cc2c(-n3cncn3)nccn2n1. The van der Waals surface area contributed by atoms with Gasteiger partial charge >= 0.3 is 0 Å². The van der Waals surface area contributed by atoms with Crippen molar-refractivity contribution < 1.29 is 0 Å². The van der Waals surface area contributed by atoms with Crippen LogP contribution < -0.4 is 0 Å². The van der Waals surface area contributed by atoms with Gasteiger partial charge in [-0.3, -0.25) is 0 Å². The maximum absolute atomic E-state index is 4.57. The van der Waals surface area contributed by atoms with Crippen LogP contribution in [-0.4, -0.2) is 29.4 Å². The molecule has 6 heteroatoms. The van der Waals surface area contributed by atoms with E-state index < -0.39 is 0 Å². The zero-order valence-corrected chi connectivity index (χ0v) is 10.6. The van der Waals surface area contributed by atoms with Crippen LogP contribution in [0.5, 0.6) is 0 Å². The van der Waals surface area contributed by atoms with Gasteiger partial charge in [-0.1, -0.05) is 20.8 Å². The lowest BCUT2D eigenvalue weighted by molar-refractivity contribution is 0.562. The largest absolute Gasteiger partial charge is 0.235 e. The molecule has 0 fully saturated rings. The van der Waals surface area contributed by atoms with Crippen LogP contribution >= 0.6 is 0 Å². The predicted octanol–water partition coefficient (Wildman–Crippen LogP) is 1.61. The summed E-state index contributed by atoms with van der Waals surface area (Å²) in [6, 6.07) is 2.05. The Hall–Kier alpha value is -2.24. The Morgan fingerprint density at radius 3 is 2.72 bits per heavy atom. The quantitative estimate of drug-likeness (QED) is 0.650. The number of aromatic nitrogens is 6. The Kier molecular flexibility index (Phi) is 2.19. The van der Waals surface area contributed by atoms with Crippen molar-refractivity contribution in [2.24, 2.45) is 0 Å². The van der Waals surface area contributed by atoms with E-state index in [4.69, 9.17) is 0 Å². The molecule has 0 aliphatic carbocycles. The molecule has 0 unspecified atom stereocenters. The summed E-state index contributed by atoms with van der Waals surface area (Å²) >= 11 is 0. The highest BCUT2D eigenvalue weighted by Gasteiger charge is 2.19. The van der Waals surface area contributed by atoms with Gasteiger partial charge in [0.1, 0.15) is 18.2 Å². The standard InChI is InChI=1S/C12H14N6/c1-12(2,3)10-6-9-11(18-8-13-7-15-18)14-4-5-17(9)16-10/h4-8H,1-3H3. The van der Waals surface area contributed by atoms with Crippen LogP contribution in [0.3, 0.4) is 0 Å². The molecule has 3 heterocycles. The van der Waals surface area contributed by atoms with Crippen LogP contribution in [0.15, 0.2) is 31.1 Å². The molecule has 3 aromatic rings. The molecule has 6 nitrogen and oxygen atoms in total. The van der Waals surface area contributed by atoms with Crippen LogP contribution in [0, 0.1) is 0 Å². The van der Waals surface area contributed by atoms with Crippen LogP contribution in [-0.2, 0) is 5.41 Å². The molecule has 0 radical (unpaired) electrons. The number of rotatable bonds is 1. The molecule has 0 N–H and O–H groups in total. The first-order valence-electron chi connectivity index (χ1n) is 5.75. The van der Waals surface area contributed by atoms with E-state index in [1.54, 1.807) is 17.2 Å². The molecular weight excluding hydrogens is 228 g/mol. The molecule has 0 aromatic carbocycles. The first kappa shape index (κ1) is 10.9. The molecule has 0 bridgehead atoms. The minimum Gasteiger partial charge on any atom is -0.235 e. The summed E-state index contributed by atoms with van der Waals surface area (Å²) < 4.78 is 3.47. The van der Waals surface area contributed by atoms with E-state index in [1.165, 1.54) is 6.33 Å². The van der Waals surface area contributed by atoms with E-state index in [9.17, 15) is 0 Å². The van der Waals surface area contributed by atoms with E-state index in [0.29, 0.717) is 0 Å². The molecular formula is C12H14N6. The van der Waals surface area contributed by atoms with Crippen molar-refractivity contribution in [2.75, 3.05) is 0 Å². The fourth-order valence-corrected chi connectivity index (χ4v) is 1.77. The van der Waals surface area contributed by atoms with Gasteiger partial charge < -0.3 is 0 Å². The fourth-order valence-electron chi connectivity index (χ4n) is 1.77. The van der Waals surface area contributed by atoms with Gasteiger partial charge in [0.05, 0.1) is 5.69 Å². The van der Waals surface area contributed by atoms with Crippen molar-refractivity contribution in [3.05, 3.63) is 36.8 Å². The molecule has 0 aliphatic rings. The minimum atomic E-state index is 0.00561. The van der Waals surface area contributed by atoms with E-state index in [2.05, 4.69) is 40.9 Å². The van der Waals surface area contributed by atoms with Crippen molar-refractivity contribution in [3.63, 3.8) is 0 Å². The average Bonchev–Trinajstić information content (AvgIpc) is 2.96. The summed E-state index contributed by atoms with van der Waals surface area (Å²) in [5.74, 6) is 0.734. The first-order chi connectivity index (χ1) is 8.55. The summed E-state index contributed by atoms with van der Waals surface area (Å²) in [4.78, 5) is 8.29. The van der Waals surface area contributed by atoms with E-state index in [1.807, 2.05) is 16.8 Å². The average molecular weight is 242 g/mol. The third-order valence-electron chi connectivity index (χ3n) is 2.77. The lowest BCUT2D eigenvalue weighted by atomic mass is 9.92. The molecule has 3 aromatic heterocycles. The second-order valence-corrected chi connectivity index (χ2v) is 5.20. The highest BCUT2D eigenvalue weighted by molar-refractivity contribution is 5.60. The molecule has 0 atom stereocenters. The van der Waals surface area contributed by atoms with Crippen LogP contribution in [0.1, 0.15) is 26.5 Å². The van der Waals surface area contributed by atoms with Crippen molar-refractivity contribution in [3.8, 4) is 5.82 Å². The van der Waals surface area contributed by atoms with E-state index in [0.717, 1.165) is 17.0 Å². The highest BCUT2D eigenvalue weighted by atomic mass is 15.4. The summed E-state index contributed by atoms with van der Waals surface area (Å²) in [5.41, 5.74) is 1.95. The van der Waals surface area contributed by atoms with E-state index in [-0.39, 0.29) is 5.41 Å². The Bertz CT molecular complexity index is 674. The molecule has 0 saturated heterocycles. The highest BCUT2D eigenvalue weighted by Crippen LogP contribution is 2.23. The fraction of sp³-hybridized carbons (Fsp3) is 0.333. The topological polar surface area (TPSA) is 60.9 Å². The Balaban J connectivity index is 2.25. The summed E-state index contributed by atoms with van der Waals surface area (Å²) in [7, 11) is 0. The van der Waals surface area contributed by atoms with Gasteiger partial charge in [0.25, 0.3) is 0 Å². The third kappa shape index (κ3) is 1.66. The van der Waals surface area contributed by atoms with Crippen molar-refractivity contribution in [2.45, 2.75) is 26.2 Å². The second-order valence-electron chi connectivity index (χ2n) is 5.20. The first-order valence-corrected chi connectivity index (χ1v) is 5.75. The van der Waals surface area contributed by atoms with Crippen LogP contribution in [0.4, 0.5) is 0 Å². The van der Waals surface area contributed by atoms with Gasteiger partial charge in [0.2, 0.25) is 0 Å². The summed E-state index contributed by atoms with van der Waals surface area (Å²) in [6.07, 6.45) is 6.67.